The van der Waals surface area contributed by atoms with Crippen molar-refractivity contribution < 1.29 is 9.53 Å². The minimum Gasteiger partial charge on any atom is -0.469 e. The van der Waals surface area contributed by atoms with Gasteiger partial charge in [0.15, 0.2) is 0 Å². The van der Waals surface area contributed by atoms with Crippen molar-refractivity contribution >= 4 is 5.97 Å². The van der Waals surface area contributed by atoms with Gasteiger partial charge in [-0.3, -0.25) is 4.79 Å². The van der Waals surface area contributed by atoms with Crippen LogP contribution in [0.4, 0.5) is 0 Å². The molecule has 86 valence electrons. The van der Waals surface area contributed by atoms with Crippen molar-refractivity contribution in [3.63, 3.8) is 0 Å². The van der Waals surface area contributed by atoms with E-state index in [-0.39, 0.29) is 11.9 Å². The third-order valence-electron chi connectivity index (χ3n) is 4.56. The van der Waals surface area contributed by atoms with Gasteiger partial charge in [-0.15, -0.1) is 0 Å². The Kier molecular flexibility index (Phi) is 3.32. The lowest BCUT2D eigenvalue weighted by molar-refractivity contribution is -0.148. The molecule has 15 heavy (non-hydrogen) atoms. The van der Waals surface area contributed by atoms with E-state index in [0.29, 0.717) is 11.8 Å². The fourth-order valence-electron chi connectivity index (χ4n) is 3.56. The molecule has 0 heterocycles. The zero-order valence-corrected chi connectivity index (χ0v) is 9.87. The van der Waals surface area contributed by atoms with E-state index in [0.717, 1.165) is 12.3 Å². The molecule has 0 aromatic carbocycles. The molecule has 2 aliphatic carbocycles. The Labute approximate surface area is 92.4 Å². The molecule has 2 heteroatoms. The van der Waals surface area contributed by atoms with Crippen LogP contribution in [0.5, 0.6) is 0 Å². The second-order valence-corrected chi connectivity index (χ2v) is 5.37. The average molecular weight is 210 g/mol. The Bertz CT molecular complexity index is 237. The van der Waals surface area contributed by atoms with Gasteiger partial charge in [-0.25, -0.2) is 0 Å². The first-order valence-electron chi connectivity index (χ1n) is 6.30. The summed E-state index contributed by atoms with van der Waals surface area (Å²) in [4.78, 5) is 11.7. The van der Waals surface area contributed by atoms with Gasteiger partial charge in [-0.05, 0) is 43.4 Å². The highest BCUT2D eigenvalue weighted by Gasteiger charge is 2.37. The third-order valence-corrected chi connectivity index (χ3v) is 4.56. The molecule has 0 aromatic heterocycles. The number of carbonyl (C=O) groups excluding carboxylic acids is 1. The number of fused-ring (bicyclic) bond motifs is 3. The van der Waals surface area contributed by atoms with E-state index in [2.05, 4.69) is 6.92 Å². The van der Waals surface area contributed by atoms with Gasteiger partial charge in [0, 0.05) is 0 Å². The Balaban J connectivity index is 2.14. The summed E-state index contributed by atoms with van der Waals surface area (Å²) in [6.45, 7) is 2.31. The van der Waals surface area contributed by atoms with Crippen molar-refractivity contribution in [3.05, 3.63) is 0 Å². The van der Waals surface area contributed by atoms with Crippen molar-refractivity contribution in [2.24, 2.45) is 23.7 Å². The van der Waals surface area contributed by atoms with Crippen LogP contribution in [0.2, 0.25) is 0 Å². The van der Waals surface area contributed by atoms with E-state index in [4.69, 9.17) is 4.74 Å². The van der Waals surface area contributed by atoms with Gasteiger partial charge < -0.3 is 4.74 Å². The van der Waals surface area contributed by atoms with Gasteiger partial charge in [0.2, 0.25) is 0 Å². The standard InChI is InChI=1S/C13H22O2/c1-9-8-12(13(14)15-2)11-5-3-4-10(9)6-7-11/h9-12H,3-8H2,1-2H3. The molecule has 0 amide bonds. The largest absolute Gasteiger partial charge is 0.469 e. The van der Waals surface area contributed by atoms with Crippen LogP contribution < -0.4 is 0 Å². The van der Waals surface area contributed by atoms with E-state index in [9.17, 15) is 4.79 Å². The second kappa shape index (κ2) is 4.54. The third kappa shape index (κ3) is 2.19. The maximum atomic E-state index is 11.7. The SMILES string of the molecule is COC(=O)C1CC(C)C2CCCC1CC2. The van der Waals surface area contributed by atoms with Crippen LogP contribution in [0.1, 0.15) is 45.4 Å². The summed E-state index contributed by atoms with van der Waals surface area (Å²) in [5.74, 6) is 2.40. The molecule has 2 saturated carbocycles. The van der Waals surface area contributed by atoms with Crippen molar-refractivity contribution in [3.8, 4) is 0 Å². The molecule has 0 aromatic rings. The molecule has 0 aliphatic heterocycles. The van der Waals surface area contributed by atoms with Crippen LogP contribution in [0.25, 0.3) is 0 Å². The number of hydrogen-bond donors (Lipinski definition) is 0. The molecule has 2 rings (SSSR count). The molecule has 2 aliphatic rings. The Morgan fingerprint density at radius 2 is 1.80 bits per heavy atom. The number of methoxy groups -OCH3 is 1. The Morgan fingerprint density at radius 3 is 2.53 bits per heavy atom. The van der Waals surface area contributed by atoms with Gasteiger partial charge in [0.25, 0.3) is 0 Å². The molecule has 0 radical (unpaired) electrons. The topological polar surface area (TPSA) is 26.3 Å². The monoisotopic (exact) mass is 210 g/mol. The van der Waals surface area contributed by atoms with Crippen LogP contribution in [-0.2, 0) is 9.53 Å². The summed E-state index contributed by atoms with van der Waals surface area (Å²) in [6.07, 6.45) is 7.57. The minimum absolute atomic E-state index is 0.0365. The van der Waals surface area contributed by atoms with Crippen molar-refractivity contribution in [2.45, 2.75) is 45.4 Å². The minimum atomic E-state index is 0.0365. The molecule has 4 atom stereocenters. The molecule has 2 fully saturated rings. The van der Waals surface area contributed by atoms with Crippen LogP contribution in [0.15, 0.2) is 0 Å². The van der Waals surface area contributed by atoms with Gasteiger partial charge in [-0.1, -0.05) is 19.8 Å². The van der Waals surface area contributed by atoms with E-state index in [1.807, 2.05) is 0 Å². The van der Waals surface area contributed by atoms with E-state index >= 15 is 0 Å². The highest BCUT2D eigenvalue weighted by molar-refractivity contribution is 5.72. The lowest BCUT2D eigenvalue weighted by Gasteiger charge is -2.27. The van der Waals surface area contributed by atoms with Crippen molar-refractivity contribution in [2.75, 3.05) is 7.11 Å². The van der Waals surface area contributed by atoms with E-state index in [1.54, 1.807) is 0 Å². The first-order chi connectivity index (χ1) is 7.22. The summed E-state index contributed by atoms with van der Waals surface area (Å²) in [5.41, 5.74) is 0. The predicted octanol–water partition coefficient (Wildman–Crippen LogP) is 3.01. The summed E-state index contributed by atoms with van der Waals surface area (Å²) < 4.78 is 4.95. The normalized spacial score (nSPS) is 40.7. The molecule has 0 spiro atoms. The maximum Gasteiger partial charge on any atom is 0.308 e. The average Bonchev–Trinajstić information content (AvgIpc) is 2.55. The summed E-state index contributed by atoms with van der Waals surface area (Å²) in [7, 11) is 1.53. The molecular weight excluding hydrogens is 188 g/mol. The summed E-state index contributed by atoms with van der Waals surface area (Å²) >= 11 is 0. The second-order valence-electron chi connectivity index (χ2n) is 5.37. The van der Waals surface area contributed by atoms with Crippen LogP contribution >= 0.6 is 0 Å². The smallest absolute Gasteiger partial charge is 0.308 e. The zero-order valence-electron chi connectivity index (χ0n) is 9.87. The van der Waals surface area contributed by atoms with Crippen LogP contribution in [0.3, 0.4) is 0 Å². The number of rotatable bonds is 1. The molecule has 2 nitrogen and oxygen atoms in total. The zero-order chi connectivity index (χ0) is 10.8. The number of esters is 1. The van der Waals surface area contributed by atoms with Gasteiger partial charge >= 0.3 is 5.97 Å². The summed E-state index contributed by atoms with van der Waals surface area (Å²) in [6, 6.07) is 0. The van der Waals surface area contributed by atoms with Crippen LogP contribution in [-0.4, -0.2) is 13.1 Å². The van der Waals surface area contributed by atoms with E-state index < -0.39 is 0 Å². The summed E-state index contributed by atoms with van der Waals surface area (Å²) in [5, 5.41) is 0. The van der Waals surface area contributed by atoms with Gasteiger partial charge in [0.05, 0.1) is 13.0 Å². The number of hydrogen-bond acceptors (Lipinski definition) is 2. The van der Waals surface area contributed by atoms with Gasteiger partial charge in [0.1, 0.15) is 0 Å². The Hall–Kier alpha value is -0.530. The molecule has 0 N–H and O–H groups in total. The first-order valence-corrected chi connectivity index (χ1v) is 6.30. The first kappa shape index (κ1) is 11.0. The molecular formula is C13H22O2. The number of carbonyl (C=O) groups is 1. The van der Waals surface area contributed by atoms with Crippen LogP contribution in [0, 0.1) is 23.7 Å². The maximum absolute atomic E-state index is 11.7. The number of ether oxygens (including phenoxy) is 1. The quantitative estimate of drug-likeness (QED) is 0.622. The van der Waals surface area contributed by atoms with Gasteiger partial charge in [-0.2, -0.15) is 0 Å². The van der Waals surface area contributed by atoms with Crippen molar-refractivity contribution in [1.29, 1.82) is 0 Å². The highest BCUT2D eigenvalue weighted by atomic mass is 16.5. The predicted molar refractivity (Wildman–Crippen MR) is 59.4 cm³/mol. The Morgan fingerprint density at radius 1 is 1.13 bits per heavy atom. The molecule has 2 bridgehead atoms. The molecule has 0 saturated heterocycles. The lowest BCUT2D eigenvalue weighted by Crippen LogP contribution is -2.27. The van der Waals surface area contributed by atoms with Crippen molar-refractivity contribution in [1.82, 2.24) is 0 Å². The molecule has 4 unspecified atom stereocenters. The van der Waals surface area contributed by atoms with E-state index in [1.165, 1.54) is 39.2 Å². The fraction of sp³-hybridized carbons (Fsp3) is 0.923. The highest BCUT2D eigenvalue weighted by Crippen LogP contribution is 2.43. The fourth-order valence-corrected chi connectivity index (χ4v) is 3.56. The lowest BCUT2D eigenvalue weighted by atomic mass is 9.78.